The number of benzene rings is 2. The molecule has 0 fully saturated rings. The maximum atomic E-state index is 5.92. The average molecular weight is 250 g/mol. The molecule has 0 aliphatic heterocycles. The third kappa shape index (κ3) is 4.11. The highest BCUT2D eigenvalue weighted by Crippen LogP contribution is 2.15. The molecule has 0 aliphatic carbocycles. The van der Waals surface area contributed by atoms with Crippen molar-refractivity contribution in [1.29, 1.82) is 0 Å². The molecule has 0 radical (unpaired) electrons. The van der Waals surface area contributed by atoms with Crippen LogP contribution in [0.3, 0.4) is 0 Å². The van der Waals surface area contributed by atoms with Crippen LogP contribution < -0.4 is 5.73 Å². The van der Waals surface area contributed by atoms with Crippen molar-refractivity contribution >= 4 is 11.9 Å². The van der Waals surface area contributed by atoms with Gasteiger partial charge in [-0.2, -0.15) is 0 Å². The number of amidine groups is 1. The molecule has 0 bridgehead atoms. The first-order valence-electron chi connectivity index (χ1n) is 6.37. The molecular weight excluding hydrogens is 232 g/mol. The molecular formula is C17H18N2. The Hall–Kier alpha value is -2.35. The van der Waals surface area contributed by atoms with E-state index in [0.29, 0.717) is 5.84 Å². The number of aliphatic imine (C=N–C) groups is 1. The van der Waals surface area contributed by atoms with E-state index in [4.69, 9.17) is 5.73 Å². The molecule has 2 aromatic carbocycles. The summed E-state index contributed by atoms with van der Waals surface area (Å²) in [6, 6.07) is 20.3. The van der Waals surface area contributed by atoms with E-state index in [1.165, 1.54) is 5.56 Å². The minimum atomic E-state index is 0.0709. The molecule has 2 rings (SSSR count). The maximum Gasteiger partial charge on any atom is 0.118 e. The van der Waals surface area contributed by atoms with Crippen LogP contribution in [-0.2, 0) is 0 Å². The first kappa shape index (κ1) is 13.1. The van der Waals surface area contributed by atoms with E-state index in [1.807, 2.05) is 67.6 Å². The number of nitrogens with two attached hydrogens (primary N) is 1. The van der Waals surface area contributed by atoms with Crippen molar-refractivity contribution in [2.75, 3.05) is 0 Å². The van der Waals surface area contributed by atoms with E-state index in [0.717, 1.165) is 5.56 Å². The largest absolute Gasteiger partial charge is 0.384 e. The van der Waals surface area contributed by atoms with Gasteiger partial charge in [-0.25, -0.2) is 0 Å². The molecule has 0 heterocycles. The van der Waals surface area contributed by atoms with Gasteiger partial charge in [0.2, 0.25) is 0 Å². The summed E-state index contributed by atoms with van der Waals surface area (Å²) in [6.07, 6.45) is 3.81. The van der Waals surface area contributed by atoms with Crippen molar-refractivity contribution in [3.63, 3.8) is 0 Å². The third-order valence-corrected chi connectivity index (χ3v) is 2.87. The van der Waals surface area contributed by atoms with E-state index in [2.05, 4.69) is 17.1 Å². The smallest absolute Gasteiger partial charge is 0.118 e. The SMILES string of the molecule is C[C@H](N=C(N)C=Cc1ccccc1)c1ccccc1. The fourth-order valence-corrected chi connectivity index (χ4v) is 1.82. The van der Waals surface area contributed by atoms with Crippen molar-refractivity contribution in [2.45, 2.75) is 13.0 Å². The first-order chi connectivity index (χ1) is 9.25. The third-order valence-electron chi connectivity index (χ3n) is 2.87. The average Bonchev–Trinajstić information content (AvgIpc) is 2.47. The van der Waals surface area contributed by atoms with Crippen LogP contribution in [-0.4, -0.2) is 5.84 Å². The minimum absolute atomic E-state index is 0.0709. The van der Waals surface area contributed by atoms with E-state index in [9.17, 15) is 0 Å². The molecule has 0 aliphatic rings. The number of hydrogen-bond acceptors (Lipinski definition) is 1. The van der Waals surface area contributed by atoms with Crippen LogP contribution in [0.5, 0.6) is 0 Å². The Bertz CT molecular complexity index is 556. The molecule has 2 aromatic rings. The van der Waals surface area contributed by atoms with Gasteiger partial charge in [0, 0.05) is 0 Å². The number of hydrogen-bond donors (Lipinski definition) is 1. The molecule has 2 N–H and O–H groups in total. The minimum Gasteiger partial charge on any atom is -0.384 e. The zero-order valence-corrected chi connectivity index (χ0v) is 11.0. The summed E-state index contributed by atoms with van der Waals surface area (Å²) in [7, 11) is 0. The van der Waals surface area contributed by atoms with Gasteiger partial charge in [0.15, 0.2) is 0 Å². The number of rotatable bonds is 4. The topological polar surface area (TPSA) is 38.4 Å². The van der Waals surface area contributed by atoms with Crippen LogP contribution in [0.25, 0.3) is 6.08 Å². The van der Waals surface area contributed by atoms with Crippen LogP contribution in [0.15, 0.2) is 71.7 Å². The van der Waals surface area contributed by atoms with Gasteiger partial charge < -0.3 is 5.73 Å². The van der Waals surface area contributed by atoms with E-state index in [1.54, 1.807) is 0 Å². The summed E-state index contributed by atoms with van der Waals surface area (Å²) < 4.78 is 0. The summed E-state index contributed by atoms with van der Waals surface area (Å²) >= 11 is 0. The number of nitrogens with zero attached hydrogens (tertiary/aromatic N) is 1. The molecule has 0 saturated carbocycles. The van der Waals surface area contributed by atoms with Gasteiger partial charge in [-0.05, 0) is 24.1 Å². The lowest BCUT2D eigenvalue weighted by Crippen LogP contribution is -2.09. The van der Waals surface area contributed by atoms with Gasteiger partial charge >= 0.3 is 0 Å². The van der Waals surface area contributed by atoms with Gasteiger partial charge in [0.05, 0.1) is 6.04 Å². The molecule has 0 aromatic heterocycles. The predicted molar refractivity (Wildman–Crippen MR) is 82.0 cm³/mol. The highest BCUT2D eigenvalue weighted by molar-refractivity contribution is 5.95. The fourth-order valence-electron chi connectivity index (χ4n) is 1.82. The van der Waals surface area contributed by atoms with Crippen LogP contribution >= 0.6 is 0 Å². The van der Waals surface area contributed by atoms with Gasteiger partial charge in [0.25, 0.3) is 0 Å². The molecule has 0 amide bonds. The normalized spacial score (nSPS) is 13.6. The van der Waals surface area contributed by atoms with Crippen molar-refractivity contribution in [1.82, 2.24) is 0 Å². The van der Waals surface area contributed by atoms with Gasteiger partial charge in [-0.1, -0.05) is 66.7 Å². The van der Waals surface area contributed by atoms with Crippen molar-refractivity contribution < 1.29 is 0 Å². The zero-order chi connectivity index (χ0) is 13.5. The van der Waals surface area contributed by atoms with E-state index in [-0.39, 0.29) is 6.04 Å². The summed E-state index contributed by atoms with van der Waals surface area (Å²) in [4.78, 5) is 4.47. The Kier molecular flexibility index (Phi) is 4.51. The lowest BCUT2D eigenvalue weighted by atomic mass is 10.1. The molecule has 0 spiro atoms. The Morgan fingerprint density at radius 2 is 1.58 bits per heavy atom. The monoisotopic (exact) mass is 250 g/mol. The highest BCUT2D eigenvalue weighted by Gasteiger charge is 2.01. The zero-order valence-electron chi connectivity index (χ0n) is 11.0. The Labute approximate surface area is 114 Å². The second kappa shape index (κ2) is 6.55. The summed E-state index contributed by atoms with van der Waals surface area (Å²) in [5, 5.41) is 0. The predicted octanol–water partition coefficient (Wildman–Crippen LogP) is 3.82. The standard InChI is InChI=1S/C17H18N2/c1-14(16-10-6-3-7-11-16)19-17(18)13-12-15-8-4-2-5-9-15/h2-14H,1H3,(H2,18,19)/t14-/m0/s1. The second-order valence-electron chi connectivity index (χ2n) is 4.38. The fraction of sp³-hybridized carbons (Fsp3) is 0.118. The summed E-state index contributed by atoms with van der Waals surface area (Å²) in [5.41, 5.74) is 8.21. The van der Waals surface area contributed by atoms with Crippen molar-refractivity contribution in [3.8, 4) is 0 Å². The van der Waals surface area contributed by atoms with Crippen LogP contribution in [0, 0.1) is 0 Å². The van der Waals surface area contributed by atoms with Crippen LogP contribution in [0.4, 0.5) is 0 Å². The van der Waals surface area contributed by atoms with Gasteiger partial charge in [0.1, 0.15) is 5.84 Å². The lowest BCUT2D eigenvalue weighted by Gasteiger charge is -2.06. The lowest BCUT2D eigenvalue weighted by molar-refractivity contribution is 0.819. The second-order valence-corrected chi connectivity index (χ2v) is 4.38. The summed E-state index contributed by atoms with van der Waals surface area (Å²) in [5.74, 6) is 0.542. The molecule has 0 unspecified atom stereocenters. The maximum absolute atomic E-state index is 5.92. The Morgan fingerprint density at radius 1 is 1.00 bits per heavy atom. The quantitative estimate of drug-likeness (QED) is 0.650. The van der Waals surface area contributed by atoms with E-state index < -0.39 is 0 Å². The molecule has 19 heavy (non-hydrogen) atoms. The van der Waals surface area contributed by atoms with Crippen LogP contribution in [0.1, 0.15) is 24.1 Å². The molecule has 2 nitrogen and oxygen atoms in total. The summed E-state index contributed by atoms with van der Waals surface area (Å²) in [6.45, 7) is 2.04. The van der Waals surface area contributed by atoms with E-state index >= 15 is 0 Å². The molecule has 2 heteroatoms. The Morgan fingerprint density at radius 3 is 2.21 bits per heavy atom. The first-order valence-corrected chi connectivity index (χ1v) is 6.37. The molecule has 1 atom stereocenters. The van der Waals surface area contributed by atoms with Gasteiger partial charge in [-0.15, -0.1) is 0 Å². The molecule has 96 valence electrons. The molecule has 0 saturated heterocycles. The van der Waals surface area contributed by atoms with Crippen LogP contribution in [0.2, 0.25) is 0 Å². The highest BCUT2D eigenvalue weighted by atomic mass is 14.9. The Balaban J connectivity index is 2.05. The van der Waals surface area contributed by atoms with Crippen molar-refractivity contribution in [2.24, 2.45) is 10.7 Å². The van der Waals surface area contributed by atoms with Crippen molar-refractivity contribution in [3.05, 3.63) is 77.9 Å². The van der Waals surface area contributed by atoms with Gasteiger partial charge in [-0.3, -0.25) is 4.99 Å².